The summed E-state index contributed by atoms with van der Waals surface area (Å²) in [6.07, 6.45) is -15.2. The van der Waals surface area contributed by atoms with Gasteiger partial charge in [-0.2, -0.15) is 8.42 Å². The van der Waals surface area contributed by atoms with E-state index in [2.05, 4.69) is 0 Å². The molecule has 16 atom stereocenters. The molecule has 0 radical (unpaired) electrons. The topological polar surface area (TPSA) is 337 Å². The molecule has 19 heteroatoms. The van der Waals surface area contributed by atoms with Crippen molar-refractivity contribution < 1.29 is 67.1 Å². The second kappa shape index (κ2) is 13.3. The average Bonchev–Trinajstić information content (AvgIpc) is 3.07. The quantitative estimate of drug-likeness (QED) is 0.130. The normalized spacial score (nSPS) is 47.6. The maximum atomic E-state index is 10.7. The lowest BCUT2D eigenvalue weighted by Crippen LogP contribution is -2.68. The van der Waals surface area contributed by atoms with Crippen molar-refractivity contribution in [1.82, 2.24) is 0 Å². The van der Waals surface area contributed by atoms with Crippen LogP contribution in [-0.2, 0) is 29.3 Å². The maximum Gasteiger partial charge on any atom is 0.394 e. The largest absolute Gasteiger partial charge is 0.394 e. The first kappa shape index (κ1) is 33.5. The molecule has 226 valence electrons. The van der Waals surface area contributed by atoms with Gasteiger partial charge in [-0.1, -0.05) is 0 Å². The van der Waals surface area contributed by atoms with Crippen LogP contribution < -0.4 is 22.9 Å². The van der Waals surface area contributed by atoms with Gasteiger partial charge in [0.15, 0.2) is 12.6 Å². The molecule has 16 N–H and O–H groups in total. The standard InChI is InChI=1S/C19H38N4O10.H2O4S/c1-4(20)14-12(28)13(29)19(30-14)33-17-9(25)6(21)3-7(22)16(17)32-18-8(23)10(26)11(27)15(31-18)5(2)24;1-5(2,3)4/h4-19,24-29H,3,20-23H2,1-2H3;(H2,1,2,3,4)/t4-,5+,6-,7+,8+,9+,10+,11-,12-,13+,14+,15+,16-,17-,18+,19-;/m0./s1. The van der Waals surface area contributed by atoms with Crippen molar-refractivity contribution in [3.05, 3.63) is 0 Å². The summed E-state index contributed by atoms with van der Waals surface area (Å²) in [7, 11) is -4.67. The lowest BCUT2D eigenvalue weighted by Gasteiger charge is -2.47. The van der Waals surface area contributed by atoms with Crippen LogP contribution in [-0.4, -0.2) is 146 Å². The predicted octanol–water partition coefficient (Wildman–Crippen LogP) is -6.53. The minimum atomic E-state index is -4.67. The van der Waals surface area contributed by atoms with E-state index in [0.29, 0.717) is 0 Å². The Kier molecular flexibility index (Phi) is 11.7. The molecule has 18 nitrogen and oxygen atoms in total. The molecule has 2 saturated heterocycles. The summed E-state index contributed by atoms with van der Waals surface area (Å²) >= 11 is 0. The van der Waals surface area contributed by atoms with Gasteiger partial charge in [0.25, 0.3) is 0 Å². The Morgan fingerprint density at radius 2 is 1.24 bits per heavy atom. The molecule has 3 rings (SSSR count). The summed E-state index contributed by atoms with van der Waals surface area (Å²) in [4.78, 5) is 0. The van der Waals surface area contributed by atoms with Crippen LogP contribution in [0.3, 0.4) is 0 Å². The Morgan fingerprint density at radius 1 is 0.763 bits per heavy atom. The Labute approximate surface area is 219 Å². The third-order valence-electron chi connectivity index (χ3n) is 6.58. The van der Waals surface area contributed by atoms with Crippen molar-refractivity contribution >= 4 is 10.4 Å². The van der Waals surface area contributed by atoms with Crippen LogP contribution >= 0.6 is 0 Å². The number of rotatable bonds is 6. The van der Waals surface area contributed by atoms with Gasteiger partial charge in [0, 0.05) is 18.1 Å². The van der Waals surface area contributed by atoms with E-state index in [4.69, 9.17) is 59.4 Å². The highest BCUT2D eigenvalue weighted by molar-refractivity contribution is 7.79. The zero-order chi connectivity index (χ0) is 29.3. The predicted molar refractivity (Wildman–Crippen MR) is 125 cm³/mol. The third kappa shape index (κ3) is 8.17. The Morgan fingerprint density at radius 3 is 1.71 bits per heavy atom. The molecule has 0 aromatic heterocycles. The first-order valence-electron chi connectivity index (χ1n) is 11.8. The molecule has 0 aromatic carbocycles. The lowest BCUT2D eigenvalue weighted by atomic mass is 9.84. The second-order valence-electron chi connectivity index (χ2n) is 9.78. The molecule has 0 aromatic rings. The SMILES string of the molecule is C[C@H](N)[C@H]1O[C@@H](O[C@H]2[C@H](O)[C@@H](N)C[C@@H](N)[C@@H]2O[C@H]2O[C@H]([C@@H](C)O)[C@@H](O)[C@H](O)[C@H]2N)[C@H](O)[C@@H]1O.O=S(=O)(O)O. The van der Waals surface area contributed by atoms with Crippen molar-refractivity contribution in [1.29, 1.82) is 0 Å². The van der Waals surface area contributed by atoms with Crippen molar-refractivity contribution in [3.63, 3.8) is 0 Å². The van der Waals surface area contributed by atoms with Crippen LogP contribution in [0.2, 0.25) is 0 Å². The number of hydrogen-bond acceptors (Lipinski definition) is 16. The molecule has 0 spiro atoms. The fourth-order valence-electron chi connectivity index (χ4n) is 4.57. The number of ether oxygens (including phenoxy) is 4. The maximum absolute atomic E-state index is 10.7. The summed E-state index contributed by atoms with van der Waals surface area (Å²) < 4.78 is 54.4. The number of aliphatic hydroxyl groups excluding tert-OH is 6. The number of nitrogens with two attached hydrogens (primary N) is 4. The van der Waals surface area contributed by atoms with Crippen LogP contribution in [0, 0.1) is 0 Å². The highest BCUT2D eigenvalue weighted by Gasteiger charge is 2.53. The molecule has 38 heavy (non-hydrogen) atoms. The lowest BCUT2D eigenvalue weighted by molar-refractivity contribution is -0.315. The Hall–Kier alpha value is -0.690. The van der Waals surface area contributed by atoms with E-state index in [9.17, 15) is 30.6 Å². The van der Waals surface area contributed by atoms with E-state index in [1.165, 1.54) is 6.92 Å². The van der Waals surface area contributed by atoms with Crippen LogP contribution in [0.25, 0.3) is 0 Å². The first-order chi connectivity index (χ1) is 17.3. The zero-order valence-electron chi connectivity index (χ0n) is 20.7. The fraction of sp³-hybridized carbons (Fsp3) is 1.00. The highest BCUT2D eigenvalue weighted by atomic mass is 32.3. The molecule has 2 aliphatic heterocycles. The van der Waals surface area contributed by atoms with Crippen LogP contribution in [0.4, 0.5) is 0 Å². The molecule has 0 bridgehead atoms. The average molecular weight is 581 g/mol. The van der Waals surface area contributed by atoms with Gasteiger partial charge in [-0.3, -0.25) is 9.11 Å². The molecule has 0 amide bonds. The Balaban J connectivity index is 0.000000926. The number of hydrogen-bond donors (Lipinski definition) is 12. The van der Waals surface area contributed by atoms with Gasteiger partial charge in [0.1, 0.15) is 48.8 Å². The van der Waals surface area contributed by atoms with Crippen LogP contribution in [0.15, 0.2) is 0 Å². The number of aliphatic hydroxyl groups is 6. The van der Waals surface area contributed by atoms with E-state index < -0.39 is 108 Å². The summed E-state index contributed by atoms with van der Waals surface area (Å²) in [5.41, 5.74) is 24.0. The van der Waals surface area contributed by atoms with Gasteiger partial charge in [-0.05, 0) is 20.3 Å². The van der Waals surface area contributed by atoms with E-state index in [-0.39, 0.29) is 6.42 Å². The molecule has 3 aliphatic rings. The van der Waals surface area contributed by atoms with Gasteiger partial charge in [-0.25, -0.2) is 0 Å². The molecule has 1 saturated carbocycles. The van der Waals surface area contributed by atoms with E-state index in [1.54, 1.807) is 6.92 Å². The minimum absolute atomic E-state index is 0.137. The molecular formula is C19H40N4O14S. The van der Waals surface area contributed by atoms with Crippen molar-refractivity contribution in [2.24, 2.45) is 22.9 Å². The molecule has 0 unspecified atom stereocenters. The fourth-order valence-corrected chi connectivity index (χ4v) is 4.57. The van der Waals surface area contributed by atoms with E-state index in [1.807, 2.05) is 0 Å². The monoisotopic (exact) mass is 580 g/mol. The van der Waals surface area contributed by atoms with Gasteiger partial charge >= 0.3 is 10.4 Å². The Bertz CT molecular complexity index is 847. The van der Waals surface area contributed by atoms with Crippen molar-refractivity contribution in [3.8, 4) is 0 Å². The molecular weight excluding hydrogens is 540 g/mol. The zero-order valence-corrected chi connectivity index (χ0v) is 21.5. The van der Waals surface area contributed by atoms with Crippen LogP contribution in [0.5, 0.6) is 0 Å². The first-order valence-corrected chi connectivity index (χ1v) is 13.2. The van der Waals surface area contributed by atoms with Gasteiger partial charge < -0.3 is 72.5 Å². The summed E-state index contributed by atoms with van der Waals surface area (Å²) in [6, 6.07) is -3.41. The van der Waals surface area contributed by atoms with Gasteiger partial charge in [-0.15, -0.1) is 0 Å². The van der Waals surface area contributed by atoms with Gasteiger partial charge in [0.05, 0.1) is 18.2 Å². The summed E-state index contributed by atoms with van der Waals surface area (Å²) in [6.45, 7) is 2.96. The summed E-state index contributed by atoms with van der Waals surface area (Å²) in [5.74, 6) is 0. The third-order valence-corrected chi connectivity index (χ3v) is 6.58. The summed E-state index contributed by atoms with van der Waals surface area (Å²) in [5, 5.41) is 61.6. The van der Waals surface area contributed by atoms with Crippen LogP contribution in [0.1, 0.15) is 20.3 Å². The molecule has 2 heterocycles. The van der Waals surface area contributed by atoms with E-state index >= 15 is 0 Å². The molecule has 3 fully saturated rings. The van der Waals surface area contributed by atoms with Crippen molar-refractivity contribution in [2.45, 2.75) is 118 Å². The van der Waals surface area contributed by atoms with Gasteiger partial charge in [0.2, 0.25) is 0 Å². The second-order valence-corrected chi connectivity index (χ2v) is 10.7. The highest BCUT2D eigenvalue weighted by Crippen LogP contribution is 2.32. The smallest absolute Gasteiger partial charge is 0.391 e. The van der Waals surface area contributed by atoms with E-state index in [0.717, 1.165) is 0 Å². The van der Waals surface area contributed by atoms with Crippen molar-refractivity contribution in [2.75, 3.05) is 0 Å². The molecule has 1 aliphatic carbocycles. The minimum Gasteiger partial charge on any atom is -0.391 e.